The predicted molar refractivity (Wildman–Crippen MR) is 62.6 cm³/mol. The van der Waals surface area contributed by atoms with Gasteiger partial charge in [0.2, 0.25) is 5.78 Å². The fourth-order valence-corrected chi connectivity index (χ4v) is 2.23. The Morgan fingerprint density at radius 1 is 1.50 bits per heavy atom. The van der Waals surface area contributed by atoms with Crippen LogP contribution in [-0.4, -0.2) is 27.5 Å². The van der Waals surface area contributed by atoms with Crippen molar-refractivity contribution in [2.75, 3.05) is 13.1 Å². The molecule has 1 saturated heterocycles. The summed E-state index contributed by atoms with van der Waals surface area (Å²) >= 11 is 0. The molecule has 0 amide bonds. The number of nitrogens with one attached hydrogen (secondary N) is 1. The van der Waals surface area contributed by atoms with Crippen LogP contribution in [0, 0.1) is 0 Å². The van der Waals surface area contributed by atoms with E-state index in [4.69, 9.17) is 0 Å². The van der Waals surface area contributed by atoms with Crippen molar-refractivity contribution in [2.24, 2.45) is 0 Å². The van der Waals surface area contributed by atoms with Gasteiger partial charge in [-0.3, -0.25) is 4.40 Å². The van der Waals surface area contributed by atoms with Crippen LogP contribution in [0.5, 0.6) is 0 Å². The van der Waals surface area contributed by atoms with Gasteiger partial charge in [-0.25, -0.2) is 9.97 Å². The Morgan fingerprint density at radius 3 is 3.19 bits per heavy atom. The van der Waals surface area contributed by atoms with E-state index in [1.807, 2.05) is 10.6 Å². The van der Waals surface area contributed by atoms with Crippen molar-refractivity contribution in [3.05, 3.63) is 29.8 Å². The van der Waals surface area contributed by atoms with Crippen LogP contribution in [0.2, 0.25) is 0 Å². The van der Waals surface area contributed by atoms with Crippen molar-refractivity contribution in [3.63, 3.8) is 0 Å². The van der Waals surface area contributed by atoms with Crippen LogP contribution in [0.25, 0.3) is 5.78 Å². The highest BCUT2D eigenvalue weighted by atomic mass is 15.1. The molecule has 4 heteroatoms. The van der Waals surface area contributed by atoms with Crippen LogP contribution in [0.1, 0.15) is 30.5 Å². The van der Waals surface area contributed by atoms with E-state index in [1.165, 1.54) is 17.7 Å². The monoisotopic (exact) mass is 216 g/mol. The van der Waals surface area contributed by atoms with Gasteiger partial charge in [-0.15, -0.1) is 0 Å². The summed E-state index contributed by atoms with van der Waals surface area (Å²) in [5.74, 6) is 1.38. The van der Waals surface area contributed by atoms with E-state index >= 15 is 0 Å². The normalized spacial score (nSPS) is 20.7. The van der Waals surface area contributed by atoms with Crippen molar-refractivity contribution < 1.29 is 0 Å². The van der Waals surface area contributed by atoms with Gasteiger partial charge in [0.05, 0.1) is 5.69 Å². The number of rotatable bonds is 2. The molecule has 2 aromatic heterocycles. The minimum absolute atomic E-state index is 0.562. The van der Waals surface area contributed by atoms with Gasteiger partial charge in [-0.05, 0) is 24.9 Å². The molecule has 0 aromatic carbocycles. The maximum Gasteiger partial charge on any atom is 0.233 e. The zero-order chi connectivity index (χ0) is 11.0. The molecule has 84 valence electrons. The summed E-state index contributed by atoms with van der Waals surface area (Å²) < 4.78 is 2.05. The van der Waals surface area contributed by atoms with Crippen LogP contribution in [0.3, 0.4) is 0 Å². The molecule has 1 aliphatic rings. The van der Waals surface area contributed by atoms with Crippen LogP contribution < -0.4 is 5.32 Å². The van der Waals surface area contributed by atoms with Crippen LogP contribution >= 0.6 is 0 Å². The van der Waals surface area contributed by atoms with Gasteiger partial charge >= 0.3 is 0 Å². The van der Waals surface area contributed by atoms with Crippen molar-refractivity contribution in [1.29, 1.82) is 0 Å². The molecule has 4 nitrogen and oxygen atoms in total. The molecule has 0 aliphatic carbocycles. The molecule has 0 radical (unpaired) electrons. The summed E-state index contributed by atoms with van der Waals surface area (Å²) in [6.07, 6.45) is 8.37. The summed E-state index contributed by atoms with van der Waals surface area (Å²) in [6, 6.07) is 0. The highest BCUT2D eigenvalue weighted by Gasteiger charge is 2.19. The first-order chi connectivity index (χ1) is 7.86. The smallest absolute Gasteiger partial charge is 0.233 e. The maximum absolute atomic E-state index is 4.58. The topological polar surface area (TPSA) is 42.2 Å². The first kappa shape index (κ1) is 9.78. The molecule has 3 heterocycles. The Morgan fingerprint density at radius 2 is 2.44 bits per heavy atom. The Hall–Kier alpha value is -1.42. The molecule has 3 rings (SSSR count). The fourth-order valence-electron chi connectivity index (χ4n) is 2.23. The Kier molecular flexibility index (Phi) is 2.36. The molecule has 1 fully saturated rings. The molecule has 0 bridgehead atoms. The quantitative estimate of drug-likeness (QED) is 0.824. The molecule has 1 atom stereocenters. The lowest BCUT2D eigenvalue weighted by molar-refractivity contribution is 0.741. The molecule has 0 saturated carbocycles. The summed E-state index contributed by atoms with van der Waals surface area (Å²) in [7, 11) is 0. The Labute approximate surface area is 94.7 Å². The zero-order valence-electron chi connectivity index (χ0n) is 9.48. The summed E-state index contributed by atoms with van der Waals surface area (Å²) in [6.45, 7) is 4.29. The third-order valence-electron chi connectivity index (χ3n) is 3.27. The van der Waals surface area contributed by atoms with Crippen molar-refractivity contribution in [3.8, 4) is 0 Å². The van der Waals surface area contributed by atoms with Gasteiger partial charge in [-0.1, -0.05) is 6.92 Å². The number of imidazole rings is 1. The largest absolute Gasteiger partial charge is 0.316 e. The van der Waals surface area contributed by atoms with Crippen molar-refractivity contribution in [1.82, 2.24) is 19.7 Å². The van der Waals surface area contributed by atoms with Crippen LogP contribution in [-0.2, 0) is 6.42 Å². The number of nitrogens with zero attached hydrogens (tertiary/aromatic N) is 3. The van der Waals surface area contributed by atoms with Gasteiger partial charge in [0.15, 0.2) is 0 Å². The van der Waals surface area contributed by atoms with Gasteiger partial charge in [0.1, 0.15) is 0 Å². The van der Waals surface area contributed by atoms with Gasteiger partial charge in [0.25, 0.3) is 0 Å². The van der Waals surface area contributed by atoms with E-state index < -0.39 is 0 Å². The highest BCUT2D eigenvalue weighted by molar-refractivity contribution is 5.33. The van der Waals surface area contributed by atoms with Crippen LogP contribution in [0.15, 0.2) is 18.6 Å². The first-order valence-corrected chi connectivity index (χ1v) is 5.91. The molecular weight excluding hydrogens is 200 g/mol. The average Bonchev–Trinajstić information content (AvgIpc) is 2.96. The van der Waals surface area contributed by atoms with Crippen molar-refractivity contribution >= 4 is 5.78 Å². The minimum Gasteiger partial charge on any atom is -0.316 e. The lowest BCUT2D eigenvalue weighted by atomic mass is 10.1. The number of aryl methyl sites for hydroxylation is 1. The number of fused-ring (bicyclic) bond motifs is 1. The lowest BCUT2D eigenvalue weighted by Crippen LogP contribution is -2.08. The number of hydrogen-bond donors (Lipinski definition) is 1. The summed E-state index contributed by atoms with van der Waals surface area (Å²) in [5, 5.41) is 3.37. The minimum atomic E-state index is 0.562. The molecule has 1 N–H and O–H groups in total. The van der Waals surface area contributed by atoms with E-state index in [9.17, 15) is 0 Å². The second-order valence-corrected chi connectivity index (χ2v) is 4.38. The van der Waals surface area contributed by atoms with E-state index in [0.717, 1.165) is 25.3 Å². The molecule has 16 heavy (non-hydrogen) atoms. The van der Waals surface area contributed by atoms with E-state index in [1.54, 1.807) is 0 Å². The Bertz CT molecular complexity index is 497. The standard InChI is InChI=1S/C12H16N4/c1-2-9-5-14-12-15-11(8-16(12)7-9)10-3-4-13-6-10/h5,7-8,10,13H,2-4,6H2,1H3. The van der Waals surface area contributed by atoms with Gasteiger partial charge in [-0.2, -0.15) is 0 Å². The third kappa shape index (κ3) is 1.59. The molecular formula is C12H16N4. The predicted octanol–water partition coefficient (Wildman–Crippen LogP) is 1.37. The van der Waals surface area contributed by atoms with Crippen LogP contribution in [0.4, 0.5) is 0 Å². The third-order valence-corrected chi connectivity index (χ3v) is 3.27. The molecule has 2 aromatic rings. The second kappa shape index (κ2) is 3.87. The Balaban J connectivity index is 2.01. The summed E-state index contributed by atoms with van der Waals surface area (Å²) in [4.78, 5) is 8.96. The van der Waals surface area contributed by atoms with E-state index in [2.05, 4.69) is 34.6 Å². The van der Waals surface area contributed by atoms with Gasteiger partial charge in [0, 0.05) is 31.1 Å². The second-order valence-electron chi connectivity index (χ2n) is 4.38. The lowest BCUT2D eigenvalue weighted by Gasteiger charge is -2.01. The van der Waals surface area contributed by atoms with E-state index in [0.29, 0.717) is 5.92 Å². The molecule has 1 unspecified atom stereocenters. The zero-order valence-corrected chi connectivity index (χ0v) is 9.48. The van der Waals surface area contributed by atoms with Gasteiger partial charge < -0.3 is 5.32 Å². The average molecular weight is 216 g/mol. The highest BCUT2D eigenvalue weighted by Crippen LogP contribution is 2.21. The van der Waals surface area contributed by atoms with Crippen molar-refractivity contribution in [2.45, 2.75) is 25.7 Å². The molecule has 0 spiro atoms. The SMILES string of the molecule is CCc1cnc2nc(C3CCNC3)cn2c1. The molecule has 1 aliphatic heterocycles. The number of hydrogen-bond acceptors (Lipinski definition) is 3. The number of aromatic nitrogens is 3. The summed E-state index contributed by atoms with van der Waals surface area (Å²) in [5.41, 5.74) is 2.42. The first-order valence-electron chi connectivity index (χ1n) is 5.91. The fraction of sp³-hybridized carbons (Fsp3) is 0.500. The van der Waals surface area contributed by atoms with E-state index in [-0.39, 0.29) is 0 Å². The maximum atomic E-state index is 4.58.